The number of halogens is 2. The summed E-state index contributed by atoms with van der Waals surface area (Å²) >= 11 is 6.03. The van der Waals surface area contributed by atoms with Crippen molar-refractivity contribution in [3.63, 3.8) is 0 Å². The molecule has 0 aliphatic carbocycles. The Labute approximate surface area is 143 Å². The van der Waals surface area contributed by atoms with Crippen molar-refractivity contribution >= 4 is 34.0 Å². The highest BCUT2D eigenvalue weighted by Gasteiger charge is 2.30. The average molecular weight is 369 g/mol. The summed E-state index contributed by atoms with van der Waals surface area (Å²) in [5.74, 6) is 0.808. The van der Waals surface area contributed by atoms with E-state index in [1.165, 1.54) is 23.5 Å². The topological polar surface area (TPSA) is 72.6 Å². The predicted octanol–water partition coefficient (Wildman–Crippen LogP) is 2.52. The number of nitrogens with two attached hydrogens (primary N) is 1. The zero-order valence-electron chi connectivity index (χ0n) is 12.5. The maximum Gasteiger partial charge on any atom is 0.243 e. The molecule has 0 bridgehead atoms. The summed E-state index contributed by atoms with van der Waals surface area (Å²) in [4.78, 5) is 0.210. The van der Waals surface area contributed by atoms with Crippen molar-refractivity contribution < 1.29 is 13.2 Å². The van der Waals surface area contributed by atoms with Gasteiger partial charge in [-0.3, -0.25) is 0 Å². The van der Waals surface area contributed by atoms with Gasteiger partial charge in [-0.2, -0.15) is 4.31 Å². The van der Waals surface area contributed by atoms with Gasteiger partial charge in [0.15, 0.2) is 0 Å². The van der Waals surface area contributed by atoms with E-state index in [1.807, 2.05) is 0 Å². The zero-order valence-corrected chi connectivity index (χ0v) is 14.9. The quantitative estimate of drug-likeness (QED) is 0.866. The molecule has 2 rings (SSSR count). The molecule has 5 nitrogen and oxygen atoms in total. The molecule has 1 aliphatic heterocycles. The molecule has 0 aromatic heterocycles. The Morgan fingerprint density at radius 2 is 2.18 bits per heavy atom. The van der Waals surface area contributed by atoms with E-state index >= 15 is 0 Å². The van der Waals surface area contributed by atoms with Crippen LogP contribution in [-0.2, 0) is 10.0 Å². The molecule has 0 amide bonds. The maximum absolute atomic E-state index is 12.7. The SMILES string of the molecule is COc1ccc(S(=O)(=O)N2CCCC(CCN)C2)cc1Cl.Cl. The highest BCUT2D eigenvalue weighted by Crippen LogP contribution is 2.30. The second kappa shape index (κ2) is 8.36. The van der Waals surface area contributed by atoms with Gasteiger partial charge in [0.05, 0.1) is 17.0 Å². The summed E-state index contributed by atoms with van der Waals surface area (Å²) in [5, 5.41) is 0.300. The van der Waals surface area contributed by atoms with Gasteiger partial charge in [0.2, 0.25) is 10.0 Å². The van der Waals surface area contributed by atoms with E-state index in [1.54, 1.807) is 6.07 Å². The fraction of sp³-hybridized carbons (Fsp3) is 0.571. The van der Waals surface area contributed by atoms with E-state index in [0.29, 0.717) is 36.3 Å². The molecule has 1 unspecified atom stereocenters. The number of rotatable bonds is 5. The molecule has 1 saturated heterocycles. The summed E-state index contributed by atoms with van der Waals surface area (Å²) < 4.78 is 32.0. The number of methoxy groups -OCH3 is 1. The number of nitrogens with zero attached hydrogens (tertiary/aromatic N) is 1. The maximum atomic E-state index is 12.7. The van der Waals surface area contributed by atoms with E-state index in [9.17, 15) is 8.42 Å². The zero-order chi connectivity index (χ0) is 15.5. The smallest absolute Gasteiger partial charge is 0.243 e. The second-order valence-corrected chi connectivity index (χ2v) is 7.59. The lowest BCUT2D eigenvalue weighted by atomic mass is 9.96. The Bertz CT molecular complexity index is 594. The number of hydrogen-bond acceptors (Lipinski definition) is 4. The van der Waals surface area contributed by atoms with Crippen LogP contribution in [0.3, 0.4) is 0 Å². The highest BCUT2D eigenvalue weighted by molar-refractivity contribution is 7.89. The third-order valence-corrected chi connectivity index (χ3v) is 5.97. The molecule has 1 aromatic rings. The molecule has 1 fully saturated rings. The minimum atomic E-state index is -3.51. The van der Waals surface area contributed by atoms with Gasteiger partial charge in [-0.25, -0.2) is 8.42 Å². The van der Waals surface area contributed by atoms with E-state index < -0.39 is 10.0 Å². The second-order valence-electron chi connectivity index (χ2n) is 5.25. The molecule has 8 heteroatoms. The summed E-state index contributed by atoms with van der Waals surface area (Å²) in [6.07, 6.45) is 2.76. The van der Waals surface area contributed by atoms with Crippen LogP contribution in [-0.4, -0.2) is 39.5 Å². The van der Waals surface area contributed by atoms with Crippen LogP contribution in [0.4, 0.5) is 0 Å². The van der Waals surface area contributed by atoms with Gasteiger partial charge in [-0.15, -0.1) is 12.4 Å². The molecule has 1 aromatic carbocycles. The summed E-state index contributed by atoms with van der Waals surface area (Å²) in [6.45, 7) is 1.67. The standard InChI is InChI=1S/C14H21ClN2O3S.ClH/c1-20-14-5-4-12(9-13(14)15)21(18,19)17-8-2-3-11(10-17)6-7-16;/h4-5,9,11H,2-3,6-8,10,16H2,1H3;1H. The van der Waals surface area contributed by atoms with Gasteiger partial charge in [-0.05, 0) is 49.9 Å². The number of sulfonamides is 1. The molecule has 1 aliphatic rings. The van der Waals surface area contributed by atoms with Crippen molar-refractivity contribution in [2.24, 2.45) is 11.7 Å². The molecule has 1 heterocycles. The van der Waals surface area contributed by atoms with Crippen molar-refractivity contribution in [1.82, 2.24) is 4.31 Å². The van der Waals surface area contributed by atoms with Gasteiger partial charge in [-0.1, -0.05) is 11.6 Å². The van der Waals surface area contributed by atoms with Crippen LogP contribution < -0.4 is 10.5 Å². The number of hydrogen-bond donors (Lipinski definition) is 1. The average Bonchev–Trinajstić information content (AvgIpc) is 2.48. The van der Waals surface area contributed by atoms with Crippen molar-refractivity contribution in [1.29, 1.82) is 0 Å². The lowest BCUT2D eigenvalue weighted by molar-refractivity contribution is 0.258. The molecule has 22 heavy (non-hydrogen) atoms. The Morgan fingerprint density at radius 1 is 1.45 bits per heavy atom. The van der Waals surface area contributed by atoms with Crippen molar-refractivity contribution in [3.05, 3.63) is 23.2 Å². The first-order chi connectivity index (χ1) is 9.98. The summed E-state index contributed by atoms with van der Waals surface area (Å²) in [6, 6.07) is 4.56. The third-order valence-electron chi connectivity index (χ3n) is 3.82. The molecule has 0 spiro atoms. The first-order valence-corrected chi connectivity index (χ1v) is 8.84. The van der Waals surface area contributed by atoms with E-state index in [4.69, 9.17) is 22.1 Å². The first-order valence-electron chi connectivity index (χ1n) is 7.02. The van der Waals surface area contributed by atoms with Gasteiger partial charge < -0.3 is 10.5 Å². The van der Waals surface area contributed by atoms with Crippen LogP contribution >= 0.6 is 24.0 Å². The number of benzene rings is 1. The van der Waals surface area contributed by atoms with Crippen molar-refractivity contribution in [3.8, 4) is 5.75 Å². The monoisotopic (exact) mass is 368 g/mol. The van der Waals surface area contributed by atoms with E-state index in [2.05, 4.69) is 0 Å². The third kappa shape index (κ3) is 4.26. The Hall–Kier alpha value is -0.530. The van der Waals surface area contributed by atoms with Crippen LogP contribution in [0.1, 0.15) is 19.3 Å². The molecule has 0 radical (unpaired) electrons. The summed E-state index contributed by atoms with van der Waals surface area (Å²) in [5.41, 5.74) is 5.58. The fourth-order valence-corrected chi connectivity index (χ4v) is 4.58. The Kier molecular flexibility index (Phi) is 7.41. The van der Waals surface area contributed by atoms with Crippen LogP contribution in [0.2, 0.25) is 5.02 Å². The summed E-state index contributed by atoms with van der Waals surface area (Å²) in [7, 11) is -2.01. The minimum Gasteiger partial charge on any atom is -0.495 e. The van der Waals surface area contributed by atoms with Crippen molar-refractivity contribution in [2.75, 3.05) is 26.7 Å². The predicted molar refractivity (Wildman–Crippen MR) is 90.4 cm³/mol. The van der Waals surface area contributed by atoms with E-state index in [0.717, 1.165) is 19.3 Å². The molecule has 126 valence electrons. The van der Waals surface area contributed by atoms with Crippen LogP contribution in [0.15, 0.2) is 23.1 Å². The normalized spacial score (nSPS) is 19.5. The lowest BCUT2D eigenvalue weighted by Crippen LogP contribution is -2.40. The number of ether oxygens (including phenoxy) is 1. The molecule has 1 atom stereocenters. The minimum absolute atomic E-state index is 0. The Morgan fingerprint density at radius 3 is 2.77 bits per heavy atom. The van der Waals surface area contributed by atoms with Gasteiger partial charge >= 0.3 is 0 Å². The molecular formula is C14H22Cl2N2O3S. The van der Waals surface area contributed by atoms with E-state index in [-0.39, 0.29) is 17.3 Å². The fourth-order valence-electron chi connectivity index (χ4n) is 2.67. The van der Waals surface area contributed by atoms with Gasteiger partial charge in [0.1, 0.15) is 5.75 Å². The van der Waals surface area contributed by atoms with Gasteiger partial charge in [0, 0.05) is 13.1 Å². The molecule has 0 saturated carbocycles. The largest absolute Gasteiger partial charge is 0.495 e. The van der Waals surface area contributed by atoms with Gasteiger partial charge in [0.25, 0.3) is 0 Å². The van der Waals surface area contributed by atoms with Crippen LogP contribution in [0.25, 0.3) is 0 Å². The highest BCUT2D eigenvalue weighted by atomic mass is 35.5. The Balaban J connectivity index is 0.00000242. The van der Waals surface area contributed by atoms with Crippen LogP contribution in [0, 0.1) is 5.92 Å². The van der Waals surface area contributed by atoms with Crippen LogP contribution in [0.5, 0.6) is 5.75 Å². The first kappa shape index (κ1) is 19.5. The van der Waals surface area contributed by atoms with Crippen molar-refractivity contribution in [2.45, 2.75) is 24.2 Å². The lowest BCUT2D eigenvalue weighted by Gasteiger charge is -2.31. The molecule has 2 N–H and O–H groups in total. The number of piperidine rings is 1. The molecular weight excluding hydrogens is 347 g/mol.